The van der Waals surface area contributed by atoms with Crippen molar-refractivity contribution in [2.45, 2.75) is 44.9 Å². The topological polar surface area (TPSA) is 23.6 Å². The third-order valence-electron chi connectivity index (χ3n) is 7.40. The SMILES string of the molecule is C=CCCN1/C(=C/C=C/C(=O)/C=C/C=C2/N(CCC=C)c3ccccc3C2(C)C)C(C)c2ccccc21. The van der Waals surface area contributed by atoms with Gasteiger partial charge in [0, 0.05) is 47.2 Å². The molecule has 3 heteroatoms. The van der Waals surface area contributed by atoms with Crippen molar-refractivity contribution in [2.24, 2.45) is 0 Å². The Morgan fingerprint density at radius 2 is 1.46 bits per heavy atom. The number of carbonyl (C=O) groups excluding carboxylic acids is 1. The normalized spacial score (nSPS) is 20.2. The van der Waals surface area contributed by atoms with Crippen molar-refractivity contribution in [3.63, 3.8) is 0 Å². The van der Waals surface area contributed by atoms with Crippen LogP contribution in [0.2, 0.25) is 0 Å². The quantitative estimate of drug-likeness (QED) is 0.249. The summed E-state index contributed by atoms with van der Waals surface area (Å²) in [6.45, 7) is 16.2. The Balaban J connectivity index is 1.50. The zero-order valence-corrected chi connectivity index (χ0v) is 22.4. The van der Waals surface area contributed by atoms with Gasteiger partial charge in [0.2, 0.25) is 0 Å². The molecule has 2 aliphatic heterocycles. The molecule has 3 nitrogen and oxygen atoms in total. The Labute approximate surface area is 222 Å². The molecule has 2 heterocycles. The molecule has 0 bridgehead atoms. The molecule has 2 aromatic carbocycles. The van der Waals surface area contributed by atoms with E-state index in [1.807, 2.05) is 24.3 Å². The van der Waals surface area contributed by atoms with Gasteiger partial charge in [-0.2, -0.15) is 0 Å². The summed E-state index contributed by atoms with van der Waals surface area (Å²) in [5.41, 5.74) is 7.39. The molecule has 0 saturated heterocycles. The smallest absolute Gasteiger partial charge is 0.178 e. The lowest BCUT2D eigenvalue weighted by Crippen LogP contribution is -2.26. The van der Waals surface area contributed by atoms with Crippen LogP contribution in [-0.2, 0) is 10.2 Å². The van der Waals surface area contributed by atoms with E-state index in [2.05, 4.69) is 104 Å². The first-order valence-corrected chi connectivity index (χ1v) is 13.2. The van der Waals surface area contributed by atoms with E-state index in [0.717, 1.165) is 25.9 Å². The van der Waals surface area contributed by atoms with Gasteiger partial charge < -0.3 is 9.80 Å². The van der Waals surface area contributed by atoms with Gasteiger partial charge in [-0.25, -0.2) is 0 Å². The highest BCUT2D eigenvalue weighted by atomic mass is 16.1. The minimum Gasteiger partial charge on any atom is -0.344 e. The van der Waals surface area contributed by atoms with E-state index in [-0.39, 0.29) is 17.1 Å². The molecular weight excluding hydrogens is 452 g/mol. The van der Waals surface area contributed by atoms with Crippen LogP contribution in [0.3, 0.4) is 0 Å². The fourth-order valence-corrected chi connectivity index (χ4v) is 5.47. The molecule has 4 rings (SSSR count). The molecule has 0 radical (unpaired) electrons. The number of carbonyl (C=O) groups is 1. The Morgan fingerprint density at radius 1 is 0.865 bits per heavy atom. The highest BCUT2D eigenvalue weighted by molar-refractivity contribution is 5.99. The minimum absolute atomic E-state index is 0.0273. The Hall–Kier alpha value is -3.85. The zero-order chi connectivity index (χ0) is 26.4. The van der Waals surface area contributed by atoms with Crippen LogP contribution in [0.4, 0.5) is 11.4 Å². The van der Waals surface area contributed by atoms with Crippen LogP contribution in [0.15, 0.2) is 122 Å². The number of allylic oxidation sites excluding steroid dienone is 8. The molecule has 0 N–H and O–H groups in total. The molecule has 1 atom stereocenters. The summed E-state index contributed by atoms with van der Waals surface area (Å²) in [5.74, 6) is 0.259. The largest absolute Gasteiger partial charge is 0.344 e. The van der Waals surface area contributed by atoms with Gasteiger partial charge in [-0.05, 0) is 60.4 Å². The number of anilines is 2. The van der Waals surface area contributed by atoms with Crippen LogP contribution in [0.5, 0.6) is 0 Å². The lowest BCUT2D eigenvalue weighted by atomic mass is 9.84. The summed E-state index contributed by atoms with van der Waals surface area (Å²) in [6.07, 6.45) is 16.9. The number of para-hydroxylation sites is 2. The summed E-state index contributed by atoms with van der Waals surface area (Å²) in [5, 5.41) is 0. The summed E-state index contributed by atoms with van der Waals surface area (Å²) >= 11 is 0. The molecule has 0 amide bonds. The number of ketones is 1. The average Bonchev–Trinajstić information content (AvgIpc) is 3.29. The van der Waals surface area contributed by atoms with Gasteiger partial charge in [0.15, 0.2) is 5.78 Å². The molecule has 37 heavy (non-hydrogen) atoms. The van der Waals surface area contributed by atoms with Crippen molar-refractivity contribution in [3.05, 3.63) is 133 Å². The lowest BCUT2D eigenvalue weighted by Gasteiger charge is -2.26. The number of nitrogens with zero attached hydrogens (tertiary/aromatic N) is 2. The van der Waals surface area contributed by atoms with Crippen molar-refractivity contribution in [1.29, 1.82) is 0 Å². The van der Waals surface area contributed by atoms with E-state index in [9.17, 15) is 4.79 Å². The van der Waals surface area contributed by atoms with Gasteiger partial charge in [-0.3, -0.25) is 4.79 Å². The van der Waals surface area contributed by atoms with Gasteiger partial charge in [0.05, 0.1) is 0 Å². The van der Waals surface area contributed by atoms with Crippen LogP contribution < -0.4 is 9.80 Å². The predicted molar refractivity (Wildman–Crippen MR) is 158 cm³/mol. The van der Waals surface area contributed by atoms with Crippen LogP contribution in [-0.4, -0.2) is 18.9 Å². The molecule has 0 fully saturated rings. The van der Waals surface area contributed by atoms with Crippen LogP contribution in [0.1, 0.15) is 50.7 Å². The maximum absolute atomic E-state index is 12.7. The second-order valence-corrected chi connectivity index (χ2v) is 10.1. The van der Waals surface area contributed by atoms with E-state index >= 15 is 0 Å². The minimum atomic E-state index is -0.131. The highest BCUT2D eigenvalue weighted by Gasteiger charge is 2.39. The third-order valence-corrected chi connectivity index (χ3v) is 7.40. The van der Waals surface area contributed by atoms with Crippen molar-refractivity contribution >= 4 is 17.2 Å². The van der Waals surface area contributed by atoms with Crippen LogP contribution >= 0.6 is 0 Å². The molecule has 2 aliphatic rings. The summed E-state index contributed by atoms with van der Waals surface area (Å²) in [4.78, 5) is 17.4. The average molecular weight is 491 g/mol. The van der Waals surface area contributed by atoms with Crippen LogP contribution in [0, 0.1) is 0 Å². The van der Waals surface area contributed by atoms with Crippen molar-refractivity contribution in [3.8, 4) is 0 Å². The van der Waals surface area contributed by atoms with E-state index in [4.69, 9.17) is 0 Å². The van der Waals surface area contributed by atoms with Gasteiger partial charge in [-0.15, -0.1) is 13.2 Å². The van der Waals surface area contributed by atoms with Gasteiger partial charge in [0.25, 0.3) is 0 Å². The van der Waals surface area contributed by atoms with E-state index in [0.29, 0.717) is 0 Å². The number of benzene rings is 2. The molecule has 1 unspecified atom stereocenters. The fourth-order valence-electron chi connectivity index (χ4n) is 5.47. The molecule has 0 saturated carbocycles. The van der Waals surface area contributed by atoms with E-state index < -0.39 is 0 Å². The van der Waals surface area contributed by atoms with Gasteiger partial charge in [-0.1, -0.05) is 81.5 Å². The van der Waals surface area contributed by atoms with E-state index in [1.54, 1.807) is 12.2 Å². The summed E-state index contributed by atoms with van der Waals surface area (Å²) in [7, 11) is 0. The Bertz CT molecular complexity index is 1290. The Kier molecular flexibility index (Phi) is 8.13. The molecule has 0 aromatic heterocycles. The number of fused-ring (bicyclic) bond motifs is 2. The van der Waals surface area contributed by atoms with Crippen LogP contribution in [0.25, 0.3) is 0 Å². The zero-order valence-electron chi connectivity index (χ0n) is 22.4. The first kappa shape index (κ1) is 26.2. The van der Waals surface area contributed by atoms with Gasteiger partial charge in [0.1, 0.15) is 0 Å². The molecule has 0 spiro atoms. The van der Waals surface area contributed by atoms with E-state index in [1.165, 1.54) is 33.9 Å². The molecule has 190 valence electrons. The monoisotopic (exact) mass is 490 g/mol. The standard InChI is InChI=1S/C34H38N2O/c1-6-8-24-35-30(26(3)28-18-10-12-20-31(28)35)22-14-16-27(37)17-15-23-33-34(4,5)29-19-11-13-21-32(29)36(33)25-9-7-2/h6-7,10-23,26H,1-2,8-9,24-25H2,3-5H3/b16-14+,17-15+,30-22+,33-23+. The number of rotatable bonds is 10. The highest BCUT2D eigenvalue weighted by Crippen LogP contribution is 2.47. The predicted octanol–water partition coefficient (Wildman–Crippen LogP) is 8.01. The Morgan fingerprint density at radius 3 is 2.16 bits per heavy atom. The molecule has 2 aromatic rings. The summed E-state index contributed by atoms with van der Waals surface area (Å²) < 4.78 is 0. The number of hydrogen-bond acceptors (Lipinski definition) is 3. The lowest BCUT2D eigenvalue weighted by molar-refractivity contribution is -0.110. The number of hydrogen-bond donors (Lipinski definition) is 0. The summed E-state index contributed by atoms with van der Waals surface area (Å²) in [6, 6.07) is 17.1. The maximum atomic E-state index is 12.7. The maximum Gasteiger partial charge on any atom is 0.178 e. The second-order valence-electron chi connectivity index (χ2n) is 10.1. The van der Waals surface area contributed by atoms with Crippen molar-refractivity contribution < 1.29 is 4.79 Å². The molecule has 0 aliphatic carbocycles. The van der Waals surface area contributed by atoms with Crippen molar-refractivity contribution in [2.75, 3.05) is 22.9 Å². The third kappa shape index (κ3) is 5.32. The second kappa shape index (κ2) is 11.5. The van der Waals surface area contributed by atoms with Crippen molar-refractivity contribution in [1.82, 2.24) is 0 Å². The first-order chi connectivity index (χ1) is 17.9. The first-order valence-electron chi connectivity index (χ1n) is 13.2. The van der Waals surface area contributed by atoms with Gasteiger partial charge >= 0.3 is 0 Å². The fraction of sp³-hybridized carbons (Fsp3) is 0.265. The molecular formula is C34H38N2O.